The summed E-state index contributed by atoms with van der Waals surface area (Å²) in [6, 6.07) is 4.75. The number of benzene rings is 1. The van der Waals surface area contributed by atoms with Gasteiger partial charge in [0.15, 0.2) is 0 Å². The van der Waals surface area contributed by atoms with Gasteiger partial charge in [-0.05, 0) is 89.3 Å². The van der Waals surface area contributed by atoms with E-state index >= 15 is 0 Å². The van der Waals surface area contributed by atoms with E-state index in [1.54, 1.807) is 11.4 Å². The lowest BCUT2D eigenvalue weighted by Gasteiger charge is -2.39. The van der Waals surface area contributed by atoms with Crippen LogP contribution in [0.3, 0.4) is 0 Å². The van der Waals surface area contributed by atoms with Crippen LogP contribution in [0.5, 0.6) is 5.75 Å². The highest BCUT2D eigenvalue weighted by molar-refractivity contribution is 7.82. The molecule has 1 unspecified atom stereocenters. The molecule has 1 amide bonds. The quantitative estimate of drug-likeness (QED) is 0.441. The summed E-state index contributed by atoms with van der Waals surface area (Å²) < 4.78 is 25.8. The van der Waals surface area contributed by atoms with E-state index in [9.17, 15) is 9.00 Å². The molecule has 1 aliphatic heterocycles. The van der Waals surface area contributed by atoms with Gasteiger partial charge in [0.25, 0.3) is 0 Å². The van der Waals surface area contributed by atoms with Crippen molar-refractivity contribution in [3.63, 3.8) is 0 Å². The number of aryl methyl sites for hydroxylation is 2. The summed E-state index contributed by atoms with van der Waals surface area (Å²) in [6.07, 6.45) is 5.68. The number of likely N-dealkylation sites (N-methyl/N-ethyl adjacent to an activating group) is 3. The number of hydrogen-bond donors (Lipinski definition) is 0. The van der Waals surface area contributed by atoms with E-state index < -0.39 is 11.0 Å². The monoisotopic (exact) mass is 522 g/mol. The molecule has 0 aromatic heterocycles. The molecular formula is C27H46N4O4S. The maximum Gasteiger partial charge on any atom is 0.248 e. The van der Waals surface area contributed by atoms with Gasteiger partial charge in [-0.2, -0.15) is 0 Å². The van der Waals surface area contributed by atoms with Crippen molar-refractivity contribution in [2.24, 2.45) is 0 Å². The lowest BCUT2D eigenvalue weighted by molar-refractivity contribution is -0.137. The molecule has 1 saturated heterocycles. The van der Waals surface area contributed by atoms with E-state index in [1.807, 2.05) is 45.0 Å². The first kappa shape index (κ1) is 29.0. The molecule has 2 fully saturated rings. The van der Waals surface area contributed by atoms with Crippen molar-refractivity contribution in [1.29, 1.82) is 0 Å². The second kappa shape index (κ2) is 13.9. The molecule has 3 rings (SSSR count). The number of carbonyl (C=O) groups excluding carboxylic acids is 1. The number of ether oxygens (including phenoxy) is 2. The van der Waals surface area contributed by atoms with Crippen LogP contribution in [0.2, 0.25) is 0 Å². The summed E-state index contributed by atoms with van der Waals surface area (Å²) in [7, 11) is 6.27. The number of methoxy groups -OCH3 is 1. The van der Waals surface area contributed by atoms with E-state index in [-0.39, 0.29) is 12.5 Å². The molecule has 0 spiro atoms. The average Bonchev–Trinajstić information content (AvgIpc) is 3.09. The average molecular weight is 523 g/mol. The van der Waals surface area contributed by atoms with Crippen LogP contribution in [0.1, 0.15) is 43.2 Å². The van der Waals surface area contributed by atoms with Crippen molar-refractivity contribution >= 4 is 16.9 Å². The minimum atomic E-state index is -1.30. The molecular weight excluding hydrogens is 476 g/mol. The summed E-state index contributed by atoms with van der Waals surface area (Å²) in [6.45, 7) is 9.48. The molecule has 0 bridgehead atoms. The molecule has 1 heterocycles. The van der Waals surface area contributed by atoms with Crippen LogP contribution in [0.4, 0.5) is 0 Å². The second-order valence-electron chi connectivity index (χ2n) is 10.4. The number of rotatable bonds is 10. The van der Waals surface area contributed by atoms with Crippen LogP contribution < -0.4 is 4.74 Å². The Morgan fingerprint density at radius 2 is 1.72 bits per heavy atom. The maximum atomic E-state index is 13.1. The predicted molar refractivity (Wildman–Crippen MR) is 145 cm³/mol. The van der Waals surface area contributed by atoms with Crippen LogP contribution in [-0.4, -0.2) is 115 Å². The van der Waals surface area contributed by atoms with Gasteiger partial charge in [-0.3, -0.25) is 9.69 Å². The smallest absolute Gasteiger partial charge is 0.248 e. The molecule has 0 radical (unpaired) electrons. The highest BCUT2D eigenvalue weighted by Gasteiger charge is 2.30. The maximum absolute atomic E-state index is 13.1. The summed E-state index contributed by atoms with van der Waals surface area (Å²) in [5, 5.41) is 0. The van der Waals surface area contributed by atoms with Crippen LogP contribution in [-0.2, 0) is 20.5 Å². The lowest BCUT2D eigenvalue weighted by Crippen LogP contribution is -2.46. The minimum absolute atomic E-state index is 0.0282. The Kier molecular flexibility index (Phi) is 11.2. The van der Waals surface area contributed by atoms with Gasteiger partial charge in [-0.25, -0.2) is 8.51 Å². The normalized spacial score (nSPS) is 22.9. The van der Waals surface area contributed by atoms with Crippen LogP contribution in [0, 0.1) is 13.8 Å². The Morgan fingerprint density at radius 3 is 2.36 bits per heavy atom. The van der Waals surface area contributed by atoms with E-state index in [0.29, 0.717) is 25.2 Å². The molecule has 204 valence electrons. The predicted octanol–water partition coefficient (Wildman–Crippen LogP) is 2.69. The molecule has 0 N–H and O–H groups in total. The zero-order valence-corrected chi connectivity index (χ0v) is 23.9. The third-order valence-electron chi connectivity index (χ3n) is 7.78. The standard InChI is InChI=1S/C27H46N4O4S/c1-21-18-25(34-6)19-22(2)27(21)36(33)29(4)16-17-35-20-26(32)30(5)23-8-10-24(11-9-23)31-13-7-12-28(3)14-15-31/h18-19,23-24H,7-17,20H2,1-6H3. The molecule has 1 aromatic carbocycles. The molecule has 8 nitrogen and oxygen atoms in total. The minimum Gasteiger partial charge on any atom is -0.497 e. The van der Waals surface area contributed by atoms with Crippen molar-refractivity contribution in [2.75, 3.05) is 74.2 Å². The van der Waals surface area contributed by atoms with Crippen molar-refractivity contribution in [3.8, 4) is 5.75 Å². The van der Waals surface area contributed by atoms with Gasteiger partial charge < -0.3 is 19.3 Å². The fraction of sp³-hybridized carbons (Fsp3) is 0.741. The molecule has 1 aliphatic carbocycles. The summed E-state index contributed by atoms with van der Waals surface area (Å²) in [5.74, 6) is 0.795. The third kappa shape index (κ3) is 7.74. The second-order valence-corrected chi connectivity index (χ2v) is 11.9. The van der Waals surface area contributed by atoms with E-state index in [4.69, 9.17) is 9.47 Å². The molecule has 1 atom stereocenters. The Hall–Kier alpha value is -1.52. The van der Waals surface area contributed by atoms with Gasteiger partial charge in [0.05, 0.1) is 18.6 Å². The number of nitrogens with zero attached hydrogens (tertiary/aromatic N) is 4. The molecule has 1 aromatic rings. The number of hydrogen-bond acceptors (Lipinski definition) is 6. The third-order valence-corrected chi connectivity index (χ3v) is 9.52. The molecule has 9 heteroatoms. The Bertz CT molecular complexity index is 868. The first-order chi connectivity index (χ1) is 17.2. The summed E-state index contributed by atoms with van der Waals surface area (Å²) in [4.78, 5) is 20.5. The largest absolute Gasteiger partial charge is 0.497 e. The first-order valence-corrected chi connectivity index (χ1v) is 14.4. The van der Waals surface area contributed by atoms with Gasteiger partial charge in [0.1, 0.15) is 23.3 Å². The Morgan fingerprint density at radius 1 is 1.06 bits per heavy atom. The Labute approximate surface area is 220 Å². The Balaban J connectivity index is 1.38. The van der Waals surface area contributed by atoms with Gasteiger partial charge in [-0.15, -0.1) is 0 Å². The van der Waals surface area contributed by atoms with Crippen molar-refractivity contribution in [3.05, 3.63) is 23.3 Å². The molecule has 36 heavy (non-hydrogen) atoms. The summed E-state index contributed by atoms with van der Waals surface area (Å²) >= 11 is 0. The molecule has 2 aliphatic rings. The number of amides is 1. The first-order valence-electron chi connectivity index (χ1n) is 13.3. The fourth-order valence-electron chi connectivity index (χ4n) is 5.44. The topological polar surface area (TPSA) is 65.6 Å². The van der Waals surface area contributed by atoms with Gasteiger partial charge in [0, 0.05) is 45.8 Å². The summed E-state index contributed by atoms with van der Waals surface area (Å²) in [5.41, 5.74) is 1.88. The van der Waals surface area contributed by atoms with Crippen LogP contribution in [0.25, 0.3) is 0 Å². The van der Waals surface area contributed by atoms with Gasteiger partial charge in [0.2, 0.25) is 5.91 Å². The van der Waals surface area contributed by atoms with Crippen molar-refractivity contribution in [1.82, 2.24) is 19.0 Å². The molecule has 1 saturated carbocycles. The van der Waals surface area contributed by atoms with Gasteiger partial charge >= 0.3 is 0 Å². The number of carbonyl (C=O) groups is 1. The highest BCUT2D eigenvalue weighted by atomic mass is 32.2. The van der Waals surface area contributed by atoms with Gasteiger partial charge in [-0.1, -0.05) is 0 Å². The zero-order chi connectivity index (χ0) is 26.2. The van der Waals surface area contributed by atoms with E-state index in [2.05, 4.69) is 16.8 Å². The fourth-order valence-corrected chi connectivity index (χ4v) is 6.66. The van der Waals surface area contributed by atoms with E-state index in [1.165, 1.54) is 19.5 Å². The highest BCUT2D eigenvalue weighted by Crippen LogP contribution is 2.27. The zero-order valence-electron chi connectivity index (χ0n) is 23.1. The van der Waals surface area contributed by atoms with Crippen LogP contribution in [0.15, 0.2) is 17.0 Å². The SMILES string of the molecule is COc1cc(C)c(S(=O)N(C)CCOCC(=O)N(C)C2CCC(N3CCCN(C)CC3)CC2)c(C)c1. The van der Waals surface area contributed by atoms with E-state index in [0.717, 1.165) is 60.5 Å². The van der Waals surface area contributed by atoms with Crippen molar-refractivity contribution < 1.29 is 18.5 Å². The van der Waals surface area contributed by atoms with Crippen molar-refractivity contribution in [2.45, 2.75) is 62.9 Å². The van der Waals surface area contributed by atoms with Crippen LogP contribution >= 0.6 is 0 Å². The lowest BCUT2D eigenvalue weighted by atomic mass is 9.89.